The van der Waals surface area contributed by atoms with Crippen molar-refractivity contribution in [1.29, 1.82) is 0 Å². The number of aromatic carboxylic acids is 1. The molecule has 0 fully saturated rings. The Morgan fingerprint density at radius 1 is 1.25 bits per heavy atom. The molecule has 0 bridgehead atoms. The third-order valence-corrected chi connectivity index (χ3v) is 3.93. The summed E-state index contributed by atoms with van der Waals surface area (Å²) in [5.74, 6) is -0.904. The largest absolute Gasteiger partial charge is 0.478 e. The van der Waals surface area contributed by atoms with Gasteiger partial charge in [0.1, 0.15) is 0 Å². The van der Waals surface area contributed by atoms with Gasteiger partial charge in [-0.1, -0.05) is 40.2 Å². The number of aryl methyl sites for hydroxylation is 1. The highest BCUT2D eigenvalue weighted by molar-refractivity contribution is 9.10. The molecule has 4 heteroatoms. The van der Waals surface area contributed by atoms with Gasteiger partial charge in [-0.05, 0) is 36.2 Å². The van der Waals surface area contributed by atoms with Crippen LogP contribution < -0.4 is 4.90 Å². The van der Waals surface area contributed by atoms with Crippen molar-refractivity contribution in [2.24, 2.45) is 0 Å². The van der Waals surface area contributed by atoms with Gasteiger partial charge >= 0.3 is 5.97 Å². The molecule has 2 aromatic carbocycles. The number of hydrogen-bond donors (Lipinski definition) is 1. The molecule has 1 N–H and O–H groups in total. The third-order valence-electron chi connectivity index (χ3n) is 3.16. The Morgan fingerprint density at radius 2 is 1.95 bits per heavy atom. The maximum atomic E-state index is 11.3. The van der Waals surface area contributed by atoms with Gasteiger partial charge < -0.3 is 10.0 Å². The second-order valence-electron chi connectivity index (χ2n) is 4.77. The first-order valence-corrected chi connectivity index (χ1v) is 7.07. The Hall–Kier alpha value is -1.81. The predicted octanol–water partition coefficient (Wildman–Crippen LogP) is 4.09. The van der Waals surface area contributed by atoms with Crippen LogP contribution in [0.3, 0.4) is 0 Å². The average molecular weight is 334 g/mol. The van der Waals surface area contributed by atoms with Crippen molar-refractivity contribution in [2.45, 2.75) is 13.5 Å². The van der Waals surface area contributed by atoms with Crippen LogP contribution in [0.15, 0.2) is 46.9 Å². The highest BCUT2D eigenvalue weighted by Gasteiger charge is 2.14. The molecule has 0 spiro atoms. The molecule has 104 valence electrons. The average Bonchev–Trinajstić information content (AvgIpc) is 2.40. The predicted molar refractivity (Wildman–Crippen MR) is 84.4 cm³/mol. The summed E-state index contributed by atoms with van der Waals surface area (Å²) in [5, 5.41) is 9.29. The van der Waals surface area contributed by atoms with E-state index in [0.717, 1.165) is 21.3 Å². The lowest BCUT2D eigenvalue weighted by Crippen LogP contribution is -2.19. The van der Waals surface area contributed by atoms with Gasteiger partial charge in [0, 0.05) is 18.1 Å². The van der Waals surface area contributed by atoms with E-state index in [2.05, 4.69) is 15.9 Å². The number of carboxylic acids is 1. The maximum Gasteiger partial charge on any atom is 0.337 e. The van der Waals surface area contributed by atoms with Crippen LogP contribution in [0, 0.1) is 6.92 Å². The van der Waals surface area contributed by atoms with E-state index in [1.165, 1.54) is 0 Å². The summed E-state index contributed by atoms with van der Waals surface area (Å²) < 4.78 is 1.02. The minimum atomic E-state index is -0.904. The summed E-state index contributed by atoms with van der Waals surface area (Å²) in [5.41, 5.74) is 3.22. The van der Waals surface area contributed by atoms with Gasteiger partial charge in [0.2, 0.25) is 0 Å². The molecule has 0 unspecified atom stereocenters. The number of hydrogen-bond acceptors (Lipinski definition) is 2. The molecule has 0 atom stereocenters. The second-order valence-corrected chi connectivity index (χ2v) is 5.63. The zero-order chi connectivity index (χ0) is 14.7. The summed E-state index contributed by atoms with van der Waals surface area (Å²) in [6.45, 7) is 2.60. The zero-order valence-electron chi connectivity index (χ0n) is 11.4. The molecule has 0 heterocycles. The zero-order valence-corrected chi connectivity index (χ0v) is 13.0. The fourth-order valence-electron chi connectivity index (χ4n) is 2.11. The highest BCUT2D eigenvalue weighted by atomic mass is 79.9. The Balaban J connectivity index is 2.34. The summed E-state index contributed by atoms with van der Waals surface area (Å²) >= 11 is 3.52. The topological polar surface area (TPSA) is 40.5 Å². The van der Waals surface area contributed by atoms with E-state index in [1.807, 2.05) is 55.3 Å². The van der Waals surface area contributed by atoms with Crippen LogP contribution in [0.5, 0.6) is 0 Å². The van der Waals surface area contributed by atoms with Gasteiger partial charge in [-0.3, -0.25) is 0 Å². The van der Waals surface area contributed by atoms with Gasteiger partial charge in [-0.15, -0.1) is 0 Å². The van der Waals surface area contributed by atoms with Crippen LogP contribution in [0.4, 0.5) is 5.69 Å². The number of benzene rings is 2. The fourth-order valence-corrected chi connectivity index (χ4v) is 2.52. The summed E-state index contributed by atoms with van der Waals surface area (Å²) in [4.78, 5) is 13.3. The molecule has 0 amide bonds. The number of anilines is 1. The normalized spacial score (nSPS) is 10.3. The molecule has 0 saturated carbocycles. The maximum absolute atomic E-state index is 11.3. The lowest BCUT2D eigenvalue weighted by molar-refractivity contribution is 0.0697. The van der Waals surface area contributed by atoms with Gasteiger partial charge in [0.15, 0.2) is 0 Å². The van der Waals surface area contributed by atoms with Crippen LogP contribution in [0.2, 0.25) is 0 Å². The molecule has 3 nitrogen and oxygen atoms in total. The molecule has 0 aliphatic carbocycles. The van der Waals surface area contributed by atoms with E-state index in [9.17, 15) is 9.90 Å². The molecule has 2 aromatic rings. The Bertz CT molecular complexity index is 640. The second kappa shape index (κ2) is 6.09. The van der Waals surface area contributed by atoms with Gasteiger partial charge in [-0.2, -0.15) is 0 Å². The van der Waals surface area contributed by atoms with Gasteiger partial charge in [-0.25, -0.2) is 4.79 Å². The first-order chi connectivity index (χ1) is 9.49. The van der Waals surface area contributed by atoms with Crippen molar-refractivity contribution in [1.82, 2.24) is 0 Å². The molecule has 0 radical (unpaired) electrons. The Labute approximate surface area is 127 Å². The molecule has 0 saturated heterocycles. The Morgan fingerprint density at radius 3 is 2.60 bits per heavy atom. The minimum Gasteiger partial charge on any atom is -0.478 e. The van der Waals surface area contributed by atoms with E-state index in [0.29, 0.717) is 12.1 Å². The summed E-state index contributed by atoms with van der Waals surface area (Å²) in [6.07, 6.45) is 0. The fraction of sp³-hybridized carbons (Fsp3) is 0.188. The van der Waals surface area contributed by atoms with Crippen molar-refractivity contribution < 1.29 is 9.90 Å². The van der Waals surface area contributed by atoms with Crippen LogP contribution in [-0.4, -0.2) is 18.1 Å². The number of halogens is 1. The van der Waals surface area contributed by atoms with E-state index >= 15 is 0 Å². The van der Waals surface area contributed by atoms with Crippen molar-refractivity contribution in [3.05, 3.63) is 63.6 Å². The summed E-state index contributed by atoms with van der Waals surface area (Å²) in [6, 6.07) is 13.3. The minimum absolute atomic E-state index is 0.324. The molecular formula is C16H16BrNO2. The number of carboxylic acid groups (broad SMARTS) is 1. The number of nitrogens with zero attached hydrogens (tertiary/aromatic N) is 1. The molecular weight excluding hydrogens is 318 g/mol. The monoisotopic (exact) mass is 333 g/mol. The summed E-state index contributed by atoms with van der Waals surface area (Å²) in [7, 11) is 1.90. The van der Waals surface area contributed by atoms with E-state index in [1.54, 1.807) is 6.07 Å². The quantitative estimate of drug-likeness (QED) is 0.915. The van der Waals surface area contributed by atoms with Gasteiger partial charge in [0.05, 0.1) is 11.3 Å². The van der Waals surface area contributed by atoms with E-state index in [4.69, 9.17) is 0 Å². The van der Waals surface area contributed by atoms with Gasteiger partial charge in [0.25, 0.3) is 0 Å². The standard InChI is InChI=1S/C16H16BrNO2/c1-11-7-8-13(16(19)20)15(9-11)18(2)10-12-5-3-4-6-14(12)17/h3-9H,10H2,1-2H3,(H,19,20). The first-order valence-electron chi connectivity index (χ1n) is 6.27. The van der Waals surface area contributed by atoms with E-state index in [-0.39, 0.29) is 0 Å². The van der Waals surface area contributed by atoms with Crippen molar-refractivity contribution in [3.63, 3.8) is 0 Å². The number of carbonyl (C=O) groups is 1. The smallest absolute Gasteiger partial charge is 0.337 e. The van der Waals surface area contributed by atoms with Crippen LogP contribution >= 0.6 is 15.9 Å². The first kappa shape index (κ1) is 14.6. The van der Waals surface area contributed by atoms with Crippen LogP contribution in [0.1, 0.15) is 21.5 Å². The molecule has 0 aromatic heterocycles. The van der Waals surface area contributed by atoms with E-state index < -0.39 is 5.97 Å². The van der Waals surface area contributed by atoms with Crippen molar-refractivity contribution in [2.75, 3.05) is 11.9 Å². The lowest BCUT2D eigenvalue weighted by Gasteiger charge is -2.22. The lowest BCUT2D eigenvalue weighted by atomic mass is 10.1. The molecule has 0 aliphatic heterocycles. The highest BCUT2D eigenvalue weighted by Crippen LogP contribution is 2.25. The third kappa shape index (κ3) is 3.20. The van der Waals surface area contributed by atoms with Crippen molar-refractivity contribution >= 4 is 27.6 Å². The molecule has 2 rings (SSSR count). The van der Waals surface area contributed by atoms with Crippen LogP contribution in [-0.2, 0) is 6.54 Å². The molecule has 0 aliphatic rings. The van der Waals surface area contributed by atoms with Crippen LogP contribution in [0.25, 0.3) is 0 Å². The molecule has 20 heavy (non-hydrogen) atoms. The SMILES string of the molecule is Cc1ccc(C(=O)O)c(N(C)Cc2ccccc2Br)c1. The number of rotatable bonds is 4. The van der Waals surface area contributed by atoms with Crippen molar-refractivity contribution in [3.8, 4) is 0 Å². The Kier molecular flexibility index (Phi) is 4.45.